The molecule has 2 aliphatic carbocycles. The van der Waals surface area contributed by atoms with Crippen molar-refractivity contribution < 1.29 is 24.9 Å². The Bertz CT molecular complexity index is 1030. The van der Waals surface area contributed by atoms with Crippen LogP contribution in [0, 0.1) is 12.8 Å². The maximum atomic E-state index is 12.5. The third-order valence-electron chi connectivity index (χ3n) is 8.11. The standard InChI is InChI=1S/C26H34N2O5.C2H6/c1-16-4-7-21(30)11-22(16)25-8-9-28(14-19-5-6-19)18(3)26(25,33)12-20(10-17(2)24(31)32)23(13-25)27-15-29;1-2/h4,7,10-11,15,18-19,30,33H,5-6,8-9,12-14H2,1-3H3,(H,27,29)(H,31,32);1-2H3/b17-10+;. The lowest BCUT2D eigenvalue weighted by molar-refractivity contribution is -0.139. The lowest BCUT2D eigenvalue weighted by Gasteiger charge is -2.60. The van der Waals surface area contributed by atoms with Gasteiger partial charge in [-0.2, -0.15) is 0 Å². The molecule has 3 aliphatic rings. The number of rotatable bonds is 7. The van der Waals surface area contributed by atoms with Crippen molar-refractivity contribution in [1.82, 2.24) is 10.2 Å². The van der Waals surface area contributed by atoms with Crippen LogP contribution in [0.3, 0.4) is 0 Å². The Hall–Kier alpha value is -2.64. The molecule has 1 saturated heterocycles. The second-order valence-corrected chi connectivity index (χ2v) is 10.1. The molecule has 7 heteroatoms. The van der Waals surface area contributed by atoms with Crippen molar-refractivity contribution in [2.24, 2.45) is 5.92 Å². The number of hydrogen-bond acceptors (Lipinski definition) is 5. The van der Waals surface area contributed by atoms with Gasteiger partial charge < -0.3 is 20.6 Å². The molecule has 1 aromatic rings. The Morgan fingerprint density at radius 1 is 1.26 bits per heavy atom. The summed E-state index contributed by atoms with van der Waals surface area (Å²) in [6.45, 7) is 11.3. The van der Waals surface area contributed by atoms with Crippen LogP contribution in [0.15, 0.2) is 41.1 Å². The van der Waals surface area contributed by atoms with E-state index in [1.165, 1.54) is 19.8 Å². The third-order valence-corrected chi connectivity index (χ3v) is 8.11. The van der Waals surface area contributed by atoms with E-state index in [4.69, 9.17) is 0 Å². The number of aryl methyl sites for hydroxylation is 1. The molecule has 2 fully saturated rings. The van der Waals surface area contributed by atoms with Gasteiger partial charge in [0.2, 0.25) is 6.41 Å². The smallest absolute Gasteiger partial charge is 0.331 e. The van der Waals surface area contributed by atoms with E-state index in [0.717, 1.165) is 24.2 Å². The van der Waals surface area contributed by atoms with Crippen LogP contribution in [0.5, 0.6) is 5.75 Å². The second-order valence-electron chi connectivity index (χ2n) is 10.1. The molecule has 3 unspecified atom stereocenters. The Balaban J connectivity index is 0.00000167. The number of carbonyl (C=O) groups excluding carboxylic acids is 1. The summed E-state index contributed by atoms with van der Waals surface area (Å²) in [5.41, 5.74) is 1.33. The fourth-order valence-electron chi connectivity index (χ4n) is 5.96. The number of phenols is 1. The topological polar surface area (TPSA) is 110 Å². The van der Waals surface area contributed by atoms with E-state index in [0.29, 0.717) is 36.4 Å². The van der Waals surface area contributed by atoms with Gasteiger partial charge in [0.05, 0.1) is 5.60 Å². The second kappa shape index (κ2) is 10.5. The van der Waals surface area contributed by atoms with Gasteiger partial charge in [-0.05, 0) is 87.4 Å². The number of carbonyl (C=O) groups is 2. The highest BCUT2D eigenvalue weighted by Gasteiger charge is 2.61. The van der Waals surface area contributed by atoms with Crippen LogP contribution >= 0.6 is 0 Å². The number of allylic oxidation sites excluding steroid dienone is 2. The Labute approximate surface area is 208 Å². The van der Waals surface area contributed by atoms with E-state index in [9.17, 15) is 24.9 Å². The molecule has 0 spiro atoms. The van der Waals surface area contributed by atoms with Gasteiger partial charge in [-0.3, -0.25) is 9.69 Å². The van der Waals surface area contributed by atoms with Crippen molar-refractivity contribution in [3.05, 3.63) is 52.2 Å². The molecule has 35 heavy (non-hydrogen) atoms. The fourth-order valence-corrected chi connectivity index (χ4v) is 5.96. The Morgan fingerprint density at radius 2 is 1.94 bits per heavy atom. The van der Waals surface area contributed by atoms with Gasteiger partial charge in [0.25, 0.3) is 0 Å². The number of benzene rings is 1. The largest absolute Gasteiger partial charge is 0.508 e. The summed E-state index contributed by atoms with van der Waals surface area (Å²) in [6.07, 6.45) is 5.85. The first-order valence-electron chi connectivity index (χ1n) is 12.7. The zero-order valence-corrected chi connectivity index (χ0v) is 21.6. The normalized spacial score (nSPS) is 29.1. The highest BCUT2D eigenvalue weighted by atomic mass is 16.4. The number of phenolic OH excluding ortho intramolecular Hbond substituents is 1. The number of piperidine rings is 1. The number of aromatic hydroxyl groups is 1. The van der Waals surface area contributed by atoms with Gasteiger partial charge >= 0.3 is 5.97 Å². The zero-order valence-electron chi connectivity index (χ0n) is 21.6. The van der Waals surface area contributed by atoms with Crippen molar-refractivity contribution in [3.63, 3.8) is 0 Å². The highest BCUT2D eigenvalue weighted by Crippen LogP contribution is 2.56. The molecule has 3 atom stereocenters. The average Bonchev–Trinajstić information content (AvgIpc) is 3.65. The van der Waals surface area contributed by atoms with Gasteiger partial charge in [0.15, 0.2) is 0 Å². The summed E-state index contributed by atoms with van der Waals surface area (Å²) in [5.74, 6) is -0.222. The van der Waals surface area contributed by atoms with E-state index in [1.54, 1.807) is 18.2 Å². The van der Waals surface area contributed by atoms with Crippen LogP contribution < -0.4 is 5.32 Å². The maximum absolute atomic E-state index is 12.5. The molecule has 4 N–H and O–H groups in total. The monoisotopic (exact) mass is 484 g/mol. The quantitative estimate of drug-likeness (QED) is 0.344. The molecule has 7 nitrogen and oxygen atoms in total. The summed E-state index contributed by atoms with van der Waals surface area (Å²) in [4.78, 5) is 25.4. The lowest BCUT2D eigenvalue weighted by atomic mass is 9.53. The summed E-state index contributed by atoms with van der Waals surface area (Å²) in [6, 6.07) is 5.07. The number of likely N-dealkylation sites (tertiary alicyclic amines) is 1. The van der Waals surface area contributed by atoms with Crippen LogP contribution in [0.4, 0.5) is 0 Å². The molecule has 1 aromatic carbocycles. The molecule has 1 saturated carbocycles. The summed E-state index contributed by atoms with van der Waals surface area (Å²) >= 11 is 0. The SMILES string of the molecule is C/C(=C\C1=C(NC=O)CC2(c3cc(O)ccc3C)CCN(CC3CC3)C(C)C2(O)C1)C(=O)O.CC. The van der Waals surface area contributed by atoms with Crippen molar-refractivity contribution in [2.75, 3.05) is 13.1 Å². The van der Waals surface area contributed by atoms with Gasteiger partial charge in [-0.15, -0.1) is 0 Å². The lowest BCUT2D eigenvalue weighted by Crippen LogP contribution is -2.69. The van der Waals surface area contributed by atoms with Crippen molar-refractivity contribution in [3.8, 4) is 5.75 Å². The fraction of sp³-hybridized carbons (Fsp3) is 0.571. The van der Waals surface area contributed by atoms with Gasteiger partial charge in [0.1, 0.15) is 5.75 Å². The van der Waals surface area contributed by atoms with E-state index >= 15 is 0 Å². The van der Waals surface area contributed by atoms with E-state index in [-0.39, 0.29) is 23.8 Å². The Kier molecular flexibility index (Phi) is 8.12. The minimum Gasteiger partial charge on any atom is -0.508 e. The summed E-state index contributed by atoms with van der Waals surface area (Å²) in [7, 11) is 0. The molecule has 0 radical (unpaired) electrons. The molecule has 0 bridgehead atoms. The summed E-state index contributed by atoms with van der Waals surface area (Å²) < 4.78 is 0. The first-order chi connectivity index (χ1) is 16.6. The van der Waals surface area contributed by atoms with E-state index in [1.807, 2.05) is 26.8 Å². The van der Waals surface area contributed by atoms with E-state index < -0.39 is 17.0 Å². The number of nitrogens with one attached hydrogen (secondary N) is 1. The zero-order chi connectivity index (χ0) is 26.0. The number of aliphatic hydroxyl groups is 1. The molecule has 192 valence electrons. The van der Waals surface area contributed by atoms with Crippen LogP contribution in [-0.2, 0) is 15.0 Å². The molecule has 1 heterocycles. The molecule has 1 aliphatic heterocycles. The first-order valence-corrected chi connectivity index (χ1v) is 12.7. The molecule has 4 rings (SSSR count). The Morgan fingerprint density at radius 3 is 2.54 bits per heavy atom. The van der Waals surface area contributed by atoms with Gasteiger partial charge in [-0.1, -0.05) is 19.9 Å². The van der Waals surface area contributed by atoms with Crippen LogP contribution in [0.1, 0.15) is 70.9 Å². The van der Waals surface area contributed by atoms with Gasteiger partial charge in [0, 0.05) is 42.1 Å². The van der Waals surface area contributed by atoms with Crippen LogP contribution in [-0.4, -0.2) is 57.3 Å². The number of aliphatic carboxylic acids is 1. The predicted octanol–water partition coefficient (Wildman–Crippen LogP) is 4.02. The number of hydrogen-bond donors (Lipinski definition) is 4. The number of fused-ring (bicyclic) bond motifs is 1. The van der Waals surface area contributed by atoms with Crippen molar-refractivity contribution in [2.45, 2.75) is 83.8 Å². The molecule has 1 amide bonds. The number of carboxylic acid groups (broad SMARTS) is 1. The minimum atomic E-state index is -1.21. The van der Waals surface area contributed by atoms with Gasteiger partial charge in [-0.25, -0.2) is 4.79 Å². The number of nitrogens with zero attached hydrogens (tertiary/aromatic N) is 1. The number of carboxylic acids is 1. The van der Waals surface area contributed by atoms with Crippen molar-refractivity contribution >= 4 is 12.4 Å². The first kappa shape index (κ1) is 27.0. The average molecular weight is 485 g/mol. The molecule has 0 aromatic heterocycles. The maximum Gasteiger partial charge on any atom is 0.331 e. The predicted molar refractivity (Wildman–Crippen MR) is 136 cm³/mol. The third kappa shape index (κ3) is 5.02. The number of amides is 1. The molecular weight excluding hydrogens is 444 g/mol. The van der Waals surface area contributed by atoms with Crippen LogP contribution in [0.25, 0.3) is 0 Å². The molecular formula is C28H40N2O5. The summed E-state index contributed by atoms with van der Waals surface area (Å²) in [5, 5.41) is 35.1. The van der Waals surface area contributed by atoms with E-state index in [2.05, 4.69) is 17.1 Å². The highest BCUT2D eigenvalue weighted by molar-refractivity contribution is 5.86. The minimum absolute atomic E-state index is 0.140. The van der Waals surface area contributed by atoms with Crippen LogP contribution in [0.2, 0.25) is 0 Å². The van der Waals surface area contributed by atoms with Crippen molar-refractivity contribution in [1.29, 1.82) is 0 Å².